The number of nitrogens with one attached hydrogen (secondary N) is 2. The topological polar surface area (TPSA) is 58.2 Å². The Balaban J connectivity index is 1.56. The molecule has 2 aromatic rings. The molecule has 0 saturated heterocycles. The zero-order valence-corrected chi connectivity index (χ0v) is 15.2. The number of hydrogen-bond acceptors (Lipinski definition) is 3. The lowest BCUT2D eigenvalue weighted by Crippen LogP contribution is -2.42. The smallest absolute Gasteiger partial charge is 0.238 e. The van der Waals surface area contributed by atoms with Crippen molar-refractivity contribution < 1.29 is 9.59 Å². The van der Waals surface area contributed by atoms with Crippen LogP contribution in [0.25, 0.3) is 0 Å². The van der Waals surface area contributed by atoms with E-state index >= 15 is 0 Å². The molecule has 2 amide bonds. The highest BCUT2D eigenvalue weighted by molar-refractivity contribution is 8.01. The summed E-state index contributed by atoms with van der Waals surface area (Å²) in [6.45, 7) is 4.44. The lowest BCUT2D eigenvalue weighted by molar-refractivity contribution is -0.127. The fourth-order valence-electron chi connectivity index (χ4n) is 2.89. The molecule has 0 saturated carbocycles. The van der Waals surface area contributed by atoms with Crippen molar-refractivity contribution in [3.05, 3.63) is 59.7 Å². The Bertz CT molecular complexity index is 791. The van der Waals surface area contributed by atoms with Gasteiger partial charge in [-0.15, -0.1) is 11.8 Å². The van der Waals surface area contributed by atoms with Gasteiger partial charge in [0, 0.05) is 11.4 Å². The van der Waals surface area contributed by atoms with E-state index < -0.39 is 11.2 Å². The van der Waals surface area contributed by atoms with Crippen LogP contribution in [0.2, 0.25) is 0 Å². The first-order valence-electron chi connectivity index (χ1n) is 8.44. The number of rotatable bonds is 5. The molecule has 4 nitrogen and oxygen atoms in total. The minimum atomic E-state index is -0.408. The summed E-state index contributed by atoms with van der Waals surface area (Å²) in [6.07, 6.45) is 0.785. The maximum atomic E-state index is 12.5. The number of thioether (sulfide) groups is 1. The minimum absolute atomic E-state index is 0.0836. The Labute approximate surface area is 152 Å². The van der Waals surface area contributed by atoms with Gasteiger partial charge in [-0.2, -0.15) is 0 Å². The van der Waals surface area contributed by atoms with Crippen LogP contribution in [-0.2, 0) is 16.0 Å². The van der Waals surface area contributed by atoms with E-state index in [4.69, 9.17) is 0 Å². The molecular weight excluding hydrogens is 332 g/mol. The number of benzene rings is 2. The number of para-hydroxylation sites is 1. The molecule has 0 spiro atoms. The molecule has 2 N–H and O–H groups in total. The molecule has 0 bridgehead atoms. The number of hydrogen-bond donors (Lipinski definition) is 2. The monoisotopic (exact) mass is 354 g/mol. The van der Waals surface area contributed by atoms with Crippen molar-refractivity contribution in [1.29, 1.82) is 0 Å². The van der Waals surface area contributed by atoms with E-state index in [0.717, 1.165) is 17.0 Å². The van der Waals surface area contributed by atoms with Crippen molar-refractivity contribution in [3.63, 3.8) is 0 Å². The molecule has 130 valence electrons. The summed E-state index contributed by atoms with van der Waals surface area (Å²) in [7, 11) is 0. The second-order valence-corrected chi connectivity index (χ2v) is 7.53. The fraction of sp³-hybridized carbons (Fsp3) is 0.300. The van der Waals surface area contributed by atoms with Crippen molar-refractivity contribution in [2.24, 2.45) is 5.92 Å². The highest BCUT2D eigenvalue weighted by Crippen LogP contribution is 2.38. The summed E-state index contributed by atoms with van der Waals surface area (Å²) in [5.41, 5.74) is 3.23. The van der Waals surface area contributed by atoms with Gasteiger partial charge in [0.05, 0.1) is 16.9 Å². The summed E-state index contributed by atoms with van der Waals surface area (Å²) >= 11 is 1.46. The second-order valence-electron chi connectivity index (χ2n) is 6.34. The molecular formula is C20H22N2O2S. The Hall–Kier alpha value is -2.27. The van der Waals surface area contributed by atoms with Gasteiger partial charge in [0.15, 0.2) is 0 Å². The highest BCUT2D eigenvalue weighted by atomic mass is 32.2. The Morgan fingerprint density at radius 1 is 1.24 bits per heavy atom. The first-order valence-corrected chi connectivity index (χ1v) is 9.32. The van der Waals surface area contributed by atoms with Gasteiger partial charge < -0.3 is 10.6 Å². The van der Waals surface area contributed by atoms with Crippen LogP contribution in [0.4, 0.5) is 5.69 Å². The summed E-state index contributed by atoms with van der Waals surface area (Å²) in [4.78, 5) is 25.8. The molecule has 1 heterocycles. The van der Waals surface area contributed by atoms with E-state index in [1.54, 1.807) is 0 Å². The molecule has 0 aromatic heterocycles. The molecule has 3 rings (SSSR count). The van der Waals surface area contributed by atoms with Crippen LogP contribution < -0.4 is 10.6 Å². The maximum absolute atomic E-state index is 12.5. The van der Waals surface area contributed by atoms with E-state index in [9.17, 15) is 9.59 Å². The third-order valence-corrected chi connectivity index (χ3v) is 5.81. The first-order chi connectivity index (χ1) is 12.0. The van der Waals surface area contributed by atoms with Crippen LogP contribution in [0, 0.1) is 12.8 Å². The molecule has 1 aliphatic rings. The van der Waals surface area contributed by atoms with E-state index in [1.807, 2.05) is 37.3 Å². The number of fused-ring (bicyclic) bond motifs is 1. The largest absolute Gasteiger partial charge is 0.355 e. The molecule has 2 aromatic carbocycles. The average Bonchev–Trinajstić information content (AvgIpc) is 2.60. The Kier molecular flexibility index (Phi) is 5.43. The molecule has 25 heavy (non-hydrogen) atoms. The zero-order chi connectivity index (χ0) is 17.8. The first kappa shape index (κ1) is 17.5. The molecule has 1 aliphatic heterocycles. The normalized spacial score (nSPS) is 17.4. The maximum Gasteiger partial charge on any atom is 0.238 e. The number of amides is 2. The van der Waals surface area contributed by atoms with E-state index in [-0.39, 0.29) is 11.8 Å². The summed E-state index contributed by atoms with van der Waals surface area (Å²) < 4.78 is 0. The van der Waals surface area contributed by atoms with Crippen molar-refractivity contribution in [1.82, 2.24) is 5.32 Å². The minimum Gasteiger partial charge on any atom is -0.355 e. The van der Waals surface area contributed by atoms with Gasteiger partial charge in [-0.1, -0.05) is 48.9 Å². The van der Waals surface area contributed by atoms with Crippen molar-refractivity contribution in [2.45, 2.75) is 30.4 Å². The number of carbonyl (C=O) groups excluding carboxylic acids is 2. The van der Waals surface area contributed by atoms with Crippen LogP contribution in [0.5, 0.6) is 0 Å². The summed E-state index contributed by atoms with van der Waals surface area (Å²) in [5.74, 6) is -0.583. The van der Waals surface area contributed by atoms with E-state index in [0.29, 0.717) is 6.54 Å². The SMILES string of the molecule is Cc1cccc(CCNC(=O)[C@@H](C)[C@@H]2Sc3ccccc3NC2=O)c1. The molecule has 0 aliphatic carbocycles. The molecule has 0 unspecified atom stereocenters. The lowest BCUT2D eigenvalue weighted by atomic mass is 10.0. The van der Waals surface area contributed by atoms with Crippen molar-refractivity contribution in [3.8, 4) is 0 Å². The number of anilines is 1. The van der Waals surface area contributed by atoms with Crippen LogP contribution in [0.3, 0.4) is 0 Å². The van der Waals surface area contributed by atoms with Crippen LogP contribution in [0.1, 0.15) is 18.1 Å². The van der Waals surface area contributed by atoms with Gasteiger partial charge in [0.1, 0.15) is 0 Å². The number of aryl methyl sites for hydroxylation is 1. The highest BCUT2D eigenvalue weighted by Gasteiger charge is 2.34. The standard InChI is InChI=1S/C20H22N2O2S/c1-13-6-5-7-15(12-13)10-11-21-19(23)14(2)18-20(24)22-16-8-3-4-9-17(16)25-18/h3-9,12,14,18H,10-11H2,1-2H3,(H,21,23)(H,22,24)/t14-,18-/m0/s1. The zero-order valence-electron chi connectivity index (χ0n) is 14.4. The quantitative estimate of drug-likeness (QED) is 0.865. The molecule has 0 fully saturated rings. The van der Waals surface area contributed by atoms with Gasteiger partial charge in [0.25, 0.3) is 0 Å². The van der Waals surface area contributed by atoms with Crippen LogP contribution >= 0.6 is 11.8 Å². The van der Waals surface area contributed by atoms with E-state index in [1.165, 1.54) is 22.9 Å². The van der Waals surface area contributed by atoms with Gasteiger partial charge in [-0.3, -0.25) is 9.59 Å². The van der Waals surface area contributed by atoms with E-state index in [2.05, 4.69) is 35.8 Å². The predicted octanol–water partition coefficient (Wildman–Crippen LogP) is 3.40. The summed E-state index contributed by atoms with van der Waals surface area (Å²) in [5, 5.41) is 5.45. The van der Waals surface area contributed by atoms with Crippen molar-refractivity contribution >= 4 is 29.3 Å². The van der Waals surface area contributed by atoms with Gasteiger partial charge in [-0.25, -0.2) is 0 Å². The Morgan fingerprint density at radius 2 is 2.04 bits per heavy atom. The van der Waals surface area contributed by atoms with Crippen LogP contribution in [0.15, 0.2) is 53.4 Å². The third-order valence-electron chi connectivity index (χ3n) is 4.32. The third kappa shape index (κ3) is 4.23. The van der Waals surface area contributed by atoms with Gasteiger partial charge in [0.2, 0.25) is 11.8 Å². The predicted molar refractivity (Wildman–Crippen MR) is 102 cm³/mol. The molecule has 5 heteroatoms. The Morgan fingerprint density at radius 3 is 2.84 bits per heavy atom. The molecule has 2 atom stereocenters. The van der Waals surface area contributed by atoms with Crippen LogP contribution in [-0.4, -0.2) is 23.6 Å². The average molecular weight is 354 g/mol. The van der Waals surface area contributed by atoms with Gasteiger partial charge >= 0.3 is 0 Å². The van der Waals surface area contributed by atoms with Gasteiger partial charge in [-0.05, 0) is 31.0 Å². The fourth-order valence-corrected chi connectivity index (χ4v) is 4.06. The molecule has 0 radical (unpaired) electrons. The van der Waals surface area contributed by atoms with Crippen molar-refractivity contribution in [2.75, 3.05) is 11.9 Å². The lowest BCUT2D eigenvalue weighted by Gasteiger charge is -2.27. The summed E-state index contributed by atoms with van der Waals surface area (Å²) in [6, 6.07) is 15.9. The number of carbonyl (C=O) groups is 2. The second kappa shape index (κ2) is 7.74.